The summed E-state index contributed by atoms with van der Waals surface area (Å²) in [5.74, 6) is 2.62. The first-order valence-electron chi connectivity index (χ1n) is 10.1. The SMILES string of the molecule is C=C(N)/N=C(\N=C(C)C)N(C)CC.CC.CC1CCN(C(C)C(C)C)C1. The van der Waals surface area contributed by atoms with Gasteiger partial charge in [-0.25, -0.2) is 4.99 Å². The van der Waals surface area contributed by atoms with Gasteiger partial charge in [0.25, 0.3) is 0 Å². The Morgan fingerprint density at radius 1 is 1.23 bits per heavy atom. The zero-order valence-corrected chi connectivity index (χ0v) is 19.1. The fraction of sp³-hybridized carbons (Fsp3) is 0.810. The number of rotatable bonds is 4. The van der Waals surface area contributed by atoms with Gasteiger partial charge < -0.3 is 15.5 Å². The molecule has 5 nitrogen and oxygen atoms in total. The lowest BCUT2D eigenvalue weighted by Crippen LogP contribution is -2.34. The Labute approximate surface area is 163 Å². The average Bonchev–Trinajstić information content (AvgIpc) is 3.00. The van der Waals surface area contributed by atoms with Crippen molar-refractivity contribution >= 4 is 11.7 Å². The number of hydrogen-bond acceptors (Lipinski definition) is 3. The Kier molecular flexibility index (Phi) is 15.3. The van der Waals surface area contributed by atoms with Gasteiger partial charge in [-0.15, -0.1) is 0 Å². The molecule has 0 aliphatic carbocycles. The summed E-state index contributed by atoms with van der Waals surface area (Å²) in [5, 5.41) is 0. The molecule has 1 heterocycles. The van der Waals surface area contributed by atoms with E-state index in [1.54, 1.807) is 0 Å². The maximum absolute atomic E-state index is 5.38. The summed E-state index contributed by atoms with van der Waals surface area (Å²) in [6.07, 6.45) is 1.40. The summed E-state index contributed by atoms with van der Waals surface area (Å²) in [4.78, 5) is 12.8. The highest BCUT2D eigenvalue weighted by atomic mass is 15.3. The number of nitrogens with two attached hydrogens (primary N) is 1. The van der Waals surface area contributed by atoms with E-state index in [4.69, 9.17) is 5.73 Å². The number of hydrogen-bond donors (Lipinski definition) is 1. The molecule has 0 amide bonds. The summed E-state index contributed by atoms with van der Waals surface area (Å²) >= 11 is 0. The Hall–Kier alpha value is -1.36. The van der Waals surface area contributed by atoms with E-state index in [0.29, 0.717) is 5.96 Å². The highest BCUT2D eigenvalue weighted by Gasteiger charge is 2.24. The minimum absolute atomic E-state index is 0.278. The second kappa shape index (κ2) is 14.8. The molecule has 2 atom stereocenters. The molecule has 2 N–H and O–H groups in total. The van der Waals surface area contributed by atoms with Crippen molar-refractivity contribution in [3.63, 3.8) is 0 Å². The van der Waals surface area contributed by atoms with Crippen molar-refractivity contribution in [1.82, 2.24) is 9.80 Å². The lowest BCUT2D eigenvalue weighted by Gasteiger charge is -2.27. The lowest BCUT2D eigenvalue weighted by molar-refractivity contribution is 0.202. The summed E-state index contributed by atoms with van der Waals surface area (Å²) in [6.45, 7) is 26.2. The van der Waals surface area contributed by atoms with Crippen LogP contribution < -0.4 is 5.73 Å². The lowest BCUT2D eigenvalue weighted by atomic mass is 10.1. The van der Waals surface area contributed by atoms with Crippen LogP contribution in [0.1, 0.15) is 68.7 Å². The molecule has 154 valence electrons. The summed E-state index contributed by atoms with van der Waals surface area (Å²) in [5.41, 5.74) is 6.33. The van der Waals surface area contributed by atoms with Gasteiger partial charge in [0.05, 0.1) is 0 Å². The van der Waals surface area contributed by atoms with Gasteiger partial charge in [-0.05, 0) is 52.5 Å². The fourth-order valence-electron chi connectivity index (χ4n) is 2.43. The van der Waals surface area contributed by atoms with Gasteiger partial charge in [-0.1, -0.05) is 41.2 Å². The predicted molar refractivity (Wildman–Crippen MR) is 119 cm³/mol. The van der Waals surface area contributed by atoms with Gasteiger partial charge in [0, 0.05) is 31.9 Å². The third kappa shape index (κ3) is 12.1. The molecule has 1 saturated heterocycles. The van der Waals surface area contributed by atoms with E-state index < -0.39 is 0 Å². The van der Waals surface area contributed by atoms with Gasteiger partial charge in [0.2, 0.25) is 5.96 Å². The van der Waals surface area contributed by atoms with Crippen LogP contribution in [0.5, 0.6) is 0 Å². The van der Waals surface area contributed by atoms with Gasteiger partial charge >= 0.3 is 0 Å². The average molecular weight is 368 g/mol. The van der Waals surface area contributed by atoms with Crippen LogP contribution in [0, 0.1) is 11.8 Å². The standard InChI is InChI=1S/C10H21N.C9H18N4.C2H6/c1-8(2)10(4)11-6-5-9(3)7-11;1-6-13(5)9(11-7(2)3)12-8(4)10;1-2/h8-10H,5-7H2,1-4H3;4,6,10H2,1-3,5H3;1-2H3/b;12-9+;. The first-order chi connectivity index (χ1) is 12.1. The smallest absolute Gasteiger partial charge is 0.226 e. The summed E-state index contributed by atoms with van der Waals surface area (Å²) in [6, 6.07) is 0.778. The molecule has 1 rings (SSSR count). The van der Waals surface area contributed by atoms with Crippen LogP contribution in [-0.4, -0.2) is 54.2 Å². The molecule has 0 saturated carbocycles. The number of guanidine groups is 1. The van der Waals surface area contributed by atoms with Crippen molar-refractivity contribution in [2.45, 2.75) is 74.8 Å². The van der Waals surface area contributed by atoms with Crippen molar-refractivity contribution in [2.24, 2.45) is 27.6 Å². The first-order valence-corrected chi connectivity index (χ1v) is 10.1. The maximum atomic E-state index is 5.38. The van der Waals surface area contributed by atoms with E-state index in [1.165, 1.54) is 19.5 Å². The molecule has 1 aliphatic heterocycles. The highest BCUT2D eigenvalue weighted by Crippen LogP contribution is 2.20. The van der Waals surface area contributed by atoms with Gasteiger partial charge in [0.15, 0.2) is 0 Å². The maximum Gasteiger partial charge on any atom is 0.226 e. The molecule has 0 aromatic carbocycles. The van der Waals surface area contributed by atoms with Crippen LogP contribution in [0.15, 0.2) is 22.4 Å². The molecule has 2 unspecified atom stereocenters. The van der Waals surface area contributed by atoms with Crippen LogP contribution >= 0.6 is 0 Å². The quantitative estimate of drug-likeness (QED) is 0.583. The second-order valence-corrected chi connectivity index (χ2v) is 7.35. The van der Waals surface area contributed by atoms with Crippen LogP contribution in [-0.2, 0) is 0 Å². The fourth-order valence-corrected chi connectivity index (χ4v) is 2.43. The summed E-state index contributed by atoms with van der Waals surface area (Å²) in [7, 11) is 1.91. The van der Waals surface area contributed by atoms with Crippen molar-refractivity contribution in [2.75, 3.05) is 26.7 Å². The number of likely N-dealkylation sites (tertiary alicyclic amines) is 1. The first kappa shape index (κ1) is 26.9. The van der Waals surface area contributed by atoms with E-state index in [0.717, 1.165) is 30.1 Å². The van der Waals surface area contributed by atoms with Crippen LogP contribution in [0.2, 0.25) is 0 Å². The Morgan fingerprint density at radius 2 is 1.77 bits per heavy atom. The number of nitrogens with zero attached hydrogens (tertiary/aromatic N) is 4. The molecule has 0 spiro atoms. The Bertz CT molecular complexity index is 436. The van der Waals surface area contributed by atoms with E-state index in [2.05, 4.69) is 49.2 Å². The van der Waals surface area contributed by atoms with Crippen LogP contribution in [0.4, 0.5) is 0 Å². The zero-order valence-electron chi connectivity index (χ0n) is 19.1. The largest absolute Gasteiger partial charge is 0.384 e. The Balaban J connectivity index is 0. The molecule has 26 heavy (non-hydrogen) atoms. The van der Waals surface area contributed by atoms with Crippen LogP contribution in [0.3, 0.4) is 0 Å². The van der Waals surface area contributed by atoms with E-state index in [9.17, 15) is 0 Å². The van der Waals surface area contributed by atoms with E-state index in [-0.39, 0.29) is 5.82 Å². The third-order valence-corrected chi connectivity index (χ3v) is 4.38. The summed E-state index contributed by atoms with van der Waals surface area (Å²) < 4.78 is 0. The molecule has 0 radical (unpaired) electrons. The minimum atomic E-state index is 0.278. The molecule has 0 bridgehead atoms. The van der Waals surface area contributed by atoms with Crippen molar-refractivity contribution in [3.8, 4) is 0 Å². The zero-order chi connectivity index (χ0) is 20.9. The number of aliphatic imine (C=N–C) groups is 2. The minimum Gasteiger partial charge on any atom is -0.384 e. The molecular formula is C21H45N5. The molecule has 0 aromatic rings. The van der Waals surface area contributed by atoms with Gasteiger partial charge in [-0.2, -0.15) is 4.99 Å². The molecule has 5 heteroatoms. The normalized spacial score (nSPS) is 18.3. The predicted octanol–water partition coefficient (Wildman–Crippen LogP) is 4.60. The Morgan fingerprint density at radius 3 is 2.08 bits per heavy atom. The topological polar surface area (TPSA) is 57.2 Å². The second-order valence-electron chi connectivity index (χ2n) is 7.35. The van der Waals surface area contributed by atoms with E-state index in [1.807, 2.05) is 46.6 Å². The van der Waals surface area contributed by atoms with Crippen molar-refractivity contribution < 1.29 is 0 Å². The highest BCUT2D eigenvalue weighted by molar-refractivity contribution is 5.94. The third-order valence-electron chi connectivity index (χ3n) is 4.38. The van der Waals surface area contributed by atoms with Crippen molar-refractivity contribution in [3.05, 3.63) is 12.4 Å². The van der Waals surface area contributed by atoms with Crippen molar-refractivity contribution in [1.29, 1.82) is 0 Å². The molecule has 1 fully saturated rings. The van der Waals surface area contributed by atoms with Gasteiger partial charge in [-0.3, -0.25) is 0 Å². The monoisotopic (exact) mass is 367 g/mol. The molecule has 0 aromatic heterocycles. The van der Waals surface area contributed by atoms with Crippen LogP contribution in [0.25, 0.3) is 0 Å². The molecule has 1 aliphatic rings. The van der Waals surface area contributed by atoms with Gasteiger partial charge in [0.1, 0.15) is 5.82 Å². The molecular weight excluding hydrogens is 322 g/mol. The van der Waals surface area contributed by atoms with E-state index >= 15 is 0 Å².